The third-order valence-electron chi connectivity index (χ3n) is 5.52. The van der Waals surface area contributed by atoms with Crippen molar-refractivity contribution in [2.45, 2.75) is 6.54 Å². The molecule has 0 aliphatic heterocycles. The van der Waals surface area contributed by atoms with Crippen LogP contribution in [0.5, 0.6) is 5.75 Å². The van der Waals surface area contributed by atoms with Gasteiger partial charge >= 0.3 is 0 Å². The van der Waals surface area contributed by atoms with Gasteiger partial charge in [-0.1, -0.05) is 34.8 Å². The molecule has 4 heterocycles. The summed E-state index contributed by atoms with van der Waals surface area (Å²) >= 11 is 19.8. The van der Waals surface area contributed by atoms with E-state index in [4.69, 9.17) is 45.3 Å². The van der Waals surface area contributed by atoms with Crippen LogP contribution in [0.4, 0.5) is 17.3 Å². The van der Waals surface area contributed by atoms with Gasteiger partial charge in [0.15, 0.2) is 11.5 Å². The molecule has 0 atom stereocenters. The Labute approximate surface area is 239 Å². The van der Waals surface area contributed by atoms with Gasteiger partial charge in [-0.05, 0) is 23.6 Å². The van der Waals surface area contributed by atoms with Gasteiger partial charge in [-0.15, -0.1) is 11.3 Å². The Morgan fingerprint density at radius 2 is 1.87 bits per heavy atom. The van der Waals surface area contributed by atoms with E-state index >= 15 is 0 Å². The molecule has 0 bridgehead atoms. The number of carbonyl (C=O) groups excluding carboxylic acids is 2. The lowest BCUT2D eigenvalue weighted by atomic mass is 10.1. The fourth-order valence-electron chi connectivity index (χ4n) is 3.69. The Balaban J connectivity index is 1.42. The summed E-state index contributed by atoms with van der Waals surface area (Å²) in [6.45, 7) is 0.293. The summed E-state index contributed by atoms with van der Waals surface area (Å²) in [5, 5.41) is 8.03. The summed E-state index contributed by atoms with van der Waals surface area (Å²) < 4.78 is 7.15. The predicted octanol–water partition coefficient (Wildman–Crippen LogP) is 5.39. The molecule has 15 heteroatoms. The summed E-state index contributed by atoms with van der Waals surface area (Å²) in [4.78, 5) is 43.2. The molecular weight excluding hydrogens is 587 g/mol. The highest BCUT2D eigenvalue weighted by Gasteiger charge is 2.24. The average Bonchev–Trinajstić information content (AvgIpc) is 3.50. The number of hydrogen-bond donors (Lipinski definition) is 3. The van der Waals surface area contributed by atoms with E-state index in [9.17, 15) is 9.59 Å². The number of fused-ring (bicyclic) bond motifs is 1. The van der Waals surface area contributed by atoms with Crippen LogP contribution in [0.25, 0.3) is 11.2 Å². The lowest BCUT2D eigenvalue weighted by molar-refractivity contribution is 0.102. The van der Waals surface area contributed by atoms with Gasteiger partial charge in [0.1, 0.15) is 28.3 Å². The molecule has 1 aromatic carbocycles. The Morgan fingerprint density at radius 3 is 2.62 bits per heavy atom. The number of anilines is 3. The van der Waals surface area contributed by atoms with Gasteiger partial charge in [0.05, 0.1) is 41.3 Å². The highest BCUT2D eigenvalue weighted by molar-refractivity contribution is 7.13. The number of nitrogens with two attached hydrogens (primary N) is 1. The molecule has 0 saturated heterocycles. The Morgan fingerprint density at radius 1 is 1.05 bits per heavy atom. The van der Waals surface area contributed by atoms with Crippen LogP contribution < -0.4 is 21.1 Å². The number of halogens is 3. The van der Waals surface area contributed by atoms with Crippen molar-refractivity contribution in [1.29, 1.82) is 0 Å². The summed E-state index contributed by atoms with van der Waals surface area (Å²) in [6.07, 6.45) is 4.31. The number of aromatic nitrogens is 5. The molecule has 0 aliphatic carbocycles. The van der Waals surface area contributed by atoms with Gasteiger partial charge in [0, 0.05) is 22.8 Å². The van der Waals surface area contributed by atoms with Gasteiger partial charge in [-0.25, -0.2) is 19.9 Å². The summed E-state index contributed by atoms with van der Waals surface area (Å²) in [5.41, 5.74) is 7.70. The number of benzene rings is 1. The first-order chi connectivity index (χ1) is 18.7. The van der Waals surface area contributed by atoms with E-state index in [2.05, 4.69) is 30.6 Å². The van der Waals surface area contributed by atoms with Gasteiger partial charge in [0.2, 0.25) is 0 Å². The molecule has 0 saturated carbocycles. The number of nitrogens with zero attached hydrogens (tertiary/aromatic N) is 5. The number of pyridine rings is 1. The maximum Gasteiger partial charge on any atom is 0.267 e. The minimum Gasteiger partial charge on any atom is -0.494 e. The second-order valence-electron chi connectivity index (χ2n) is 8.01. The number of ether oxygens (including phenoxy) is 1. The van der Waals surface area contributed by atoms with E-state index < -0.39 is 11.8 Å². The highest BCUT2D eigenvalue weighted by atomic mass is 35.5. The van der Waals surface area contributed by atoms with Crippen LogP contribution in [0.1, 0.15) is 25.6 Å². The number of nitrogen functional groups attached to an aromatic ring is 1. The number of methoxy groups -OCH3 is 1. The predicted molar refractivity (Wildman–Crippen MR) is 151 cm³/mol. The van der Waals surface area contributed by atoms with Gasteiger partial charge < -0.3 is 25.7 Å². The monoisotopic (exact) mass is 602 g/mol. The van der Waals surface area contributed by atoms with Crippen molar-refractivity contribution in [3.63, 3.8) is 0 Å². The van der Waals surface area contributed by atoms with E-state index in [1.165, 1.54) is 37.8 Å². The van der Waals surface area contributed by atoms with E-state index in [0.29, 0.717) is 28.3 Å². The molecule has 39 heavy (non-hydrogen) atoms. The van der Waals surface area contributed by atoms with Gasteiger partial charge in [-0.2, -0.15) is 0 Å². The second kappa shape index (κ2) is 11.0. The first-order valence-corrected chi connectivity index (χ1v) is 13.1. The number of imidazole rings is 1. The standard InChI is InChI=1S/C24H17Cl3N8O3S/c1-38-15-5-13(26)4-14(23(36)33-16-3-2-12(25)6-29-16)18(15)34-24(37)20-17(27)11(8-39-20)7-35-10-32-19-21(28)30-9-31-22(19)35/h2-6,8-10H,7H2,1H3,(H,34,37)(H2,28,30,31)(H,29,33,36). The minimum atomic E-state index is -0.577. The van der Waals surface area contributed by atoms with Gasteiger partial charge in [0.25, 0.3) is 11.8 Å². The van der Waals surface area contributed by atoms with Crippen LogP contribution in [0, 0.1) is 0 Å². The van der Waals surface area contributed by atoms with Crippen LogP contribution in [0.2, 0.25) is 15.1 Å². The van der Waals surface area contributed by atoms with Gasteiger partial charge in [-0.3, -0.25) is 9.59 Å². The fraction of sp³-hybridized carbons (Fsp3) is 0.0833. The smallest absolute Gasteiger partial charge is 0.267 e. The summed E-state index contributed by atoms with van der Waals surface area (Å²) in [7, 11) is 1.39. The van der Waals surface area contributed by atoms with Crippen molar-refractivity contribution < 1.29 is 14.3 Å². The maximum atomic E-state index is 13.3. The summed E-state index contributed by atoms with van der Waals surface area (Å²) in [6, 6.07) is 6.01. The lowest BCUT2D eigenvalue weighted by Crippen LogP contribution is -2.19. The third-order valence-corrected chi connectivity index (χ3v) is 7.53. The number of thiophene rings is 1. The number of nitrogens with one attached hydrogen (secondary N) is 2. The van der Waals surface area contributed by atoms with Crippen molar-refractivity contribution in [2.75, 3.05) is 23.5 Å². The zero-order chi connectivity index (χ0) is 27.7. The molecule has 5 aromatic rings. The zero-order valence-corrected chi connectivity index (χ0v) is 23.0. The molecule has 0 fully saturated rings. The molecular formula is C24H17Cl3N8O3S. The van der Waals surface area contributed by atoms with Crippen molar-refractivity contribution in [2.24, 2.45) is 0 Å². The molecule has 4 N–H and O–H groups in total. The average molecular weight is 604 g/mol. The SMILES string of the molecule is COc1cc(Cl)cc(C(=O)Nc2ccc(Cl)cn2)c1NC(=O)c1scc(Cn2cnc3c(N)ncnc32)c1Cl. The van der Waals surface area contributed by atoms with Crippen molar-refractivity contribution in [3.8, 4) is 5.75 Å². The topological polar surface area (TPSA) is 150 Å². The van der Waals surface area contributed by atoms with Crippen molar-refractivity contribution in [3.05, 3.63) is 79.6 Å². The first kappa shape index (κ1) is 26.6. The van der Waals surface area contributed by atoms with E-state index in [-0.39, 0.29) is 43.6 Å². The Kier molecular flexibility index (Phi) is 7.53. The lowest BCUT2D eigenvalue weighted by Gasteiger charge is -2.15. The first-order valence-electron chi connectivity index (χ1n) is 11.0. The van der Waals surface area contributed by atoms with E-state index in [1.54, 1.807) is 22.3 Å². The van der Waals surface area contributed by atoms with Crippen molar-refractivity contribution in [1.82, 2.24) is 24.5 Å². The molecule has 0 unspecified atom stereocenters. The highest BCUT2D eigenvalue weighted by Crippen LogP contribution is 2.35. The fourth-order valence-corrected chi connectivity index (χ4v) is 5.26. The quantitative estimate of drug-likeness (QED) is 0.224. The molecule has 4 aromatic heterocycles. The second-order valence-corrected chi connectivity index (χ2v) is 10.1. The maximum absolute atomic E-state index is 13.3. The molecule has 2 amide bonds. The van der Waals surface area contributed by atoms with Crippen LogP contribution in [0.15, 0.2) is 48.5 Å². The van der Waals surface area contributed by atoms with Crippen LogP contribution in [0.3, 0.4) is 0 Å². The molecule has 5 rings (SSSR count). The number of amides is 2. The molecule has 198 valence electrons. The molecule has 11 nitrogen and oxygen atoms in total. The summed E-state index contributed by atoms with van der Waals surface area (Å²) in [5.74, 6) is -0.422. The number of rotatable bonds is 7. The van der Waals surface area contributed by atoms with Crippen LogP contribution >= 0.6 is 46.1 Å². The molecule has 0 radical (unpaired) electrons. The Bertz CT molecular complexity index is 1720. The normalized spacial score (nSPS) is 11.0. The van der Waals surface area contributed by atoms with E-state index in [1.807, 2.05) is 0 Å². The Hall–Kier alpha value is -3.97. The van der Waals surface area contributed by atoms with E-state index in [0.717, 1.165) is 11.3 Å². The minimum absolute atomic E-state index is 0.0551. The molecule has 0 spiro atoms. The number of carbonyl (C=O) groups is 2. The third kappa shape index (κ3) is 5.45. The van der Waals surface area contributed by atoms with Crippen LogP contribution in [-0.4, -0.2) is 43.4 Å². The van der Waals surface area contributed by atoms with Crippen molar-refractivity contribution >= 4 is 86.4 Å². The number of hydrogen-bond acceptors (Lipinski definition) is 9. The van der Waals surface area contributed by atoms with Crippen LogP contribution in [-0.2, 0) is 6.54 Å². The largest absolute Gasteiger partial charge is 0.494 e. The molecule has 0 aliphatic rings. The zero-order valence-electron chi connectivity index (χ0n) is 19.9.